The summed E-state index contributed by atoms with van der Waals surface area (Å²) in [5, 5.41) is 20.2. The highest BCUT2D eigenvalue weighted by atomic mass is 16.5. The predicted octanol–water partition coefficient (Wildman–Crippen LogP) is 3.16. The first-order valence-corrected chi connectivity index (χ1v) is 8.66. The van der Waals surface area contributed by atoms with E-state index in [0.29, 0.717) is 11.3 Å². The average Bonchev–Trinajstić information content (AvgIpc) is 3.27. The number of benzene rings is 1. The normalized spacial score (nSPS) is 16.2. The van der Waals surface area contributed by atoms with Crippen molar-refractivity contribution in [2.75, 3.05) is 21.3 Å². The molecule has 1 aliphatic rings. The van der Waals surface area contributed by atoms with E-state index < -0.39 is 11.9 Å². The maximum atomic E-state index is 12.6. The fourth-order valence-electron chi connectivity index (χ4n) is 3.29. The lowest BCUT2D eigenvalue weighted by Crippen LogP contribution is -2.23. The Hall–Kier alpha value is -3.86. The van der Waals surface area contributed by atoms with Crippen LogP contribution < -0.4 is 9.47 Å². The molecule has 2 aromatic rings. The molecule has 1 aromatic carbocycles. The number of allylic oxidation sites excluding steroid dienone is 2. The summed E-state index contributed by atoms with van der Waals surface area (Å²) in [6.45, 7) is 1.63. The minimum absolute atomic E-state index is 0.146. The van der Waals surface area contributed by atoms with Gasteiger partial charge in [-0.15, -0.1) is 0 Å². The van der Waals surface area contributed by atoms with Gasteiger partial charge in [-0.3, -0.25) is 4.57 Å². The summed E-state index contributed by atoms with van der Waals surface area (Å²) in [5.74, 6) is -0.756. The molecule has 8 nitrogen and oxygen atoms in total. The second-order valence-corrected chi connectivity index (χ2v) is 6.19. The van der Waals surface area contributed by atoms with Crippen LogP contribution in [0.25, 0.3) is 5.88 Å². The van der Waals surface area contributed by atoms with Crippen molar-refractivity contribution < 1.29 is 28.8 Å². The van der Waals surface area contributed by atoms with E-state index in [1.807, 2.05) is 0 Å². The number of hydrogen-bond donors (Lipinski definition) is 1. The summed E-state index contributed by atoms with van der Waals surface area (Å²) in [6, 6.07) is 8.85. The van der Waals surface area contributed by atoms with Crippen LogP contribution in [0.2, 0.25) is 0 Å². The minimum atomic E-state index is -0.818. The topological polar surface area (TPSA) is 103 Å². The molecule has 29 heavy (non-hydrogen) atoms. The van der Waals surface area contributed by atoms with Gasteiger partial charge in [0.2, 0.25) is 11.6 Å². The SMILES string of the molecule is COC(=O)C1=C(C)OC(n2cccc2)=C(C#N)C1c1cc(OC)c(O)c(OC)c1. The monoisotopic (exact) mass is 396 g/mol. The second-order valence-electron chi connectivity index (χ2n) is 6.19. The zero-order valence-corrected chi connectivity index (χ0v) is 16.4. The molecule has 0 fully saturated rings. The van der Waals surface area contributed by atoms with E-state index in [0.717, 1.165) is 0 Å². The van der Waals surface area contributed by atoms with E-state index >= 15 is 0 Å². The van der Waals surface area contributed by atoms with Crippen LogP contribution >= 0.6 is 0 Å². The standard InChI is InChI=1S/C21H20N2O6/c1-12-17(21(25)28-4)18(13-9-15(26-2)19(24)16(10-13)27-3)14(11-22)20(29-12)23-7-5-6-8-23/h5-10,18,24H,1-4H3. The van der Waals surface area contributed by atoms with E-state index in [9.17, 15) is 15.2 Å². The van der Waals surface area contributed by atoms with Crippen molar-refractivity contribution in [2.24, 2.45) is 0 Å². The van der Waals surface area contributed by atoms with Gasteiger partial charge in [-0.2, -0.15) is 5.26 Å². The number of aromatic nitrogens is 1. The van der Waals surface area contributed by atoms with E-state index in [2.05, 4.69) is 6.07 Å². The molecule has 1 unspecified atom stereocenters. The first kappa shape index (κ1) is 19.9. The molecule has 0 bridgehead atoms. The zero-order valence-electron chi connectivity index (χ0n) is 16.4. The predicted molar refractivity (Wildman–Crippen MR) is 103 cm³/mol. The first-order valence-electron chi connectivity index (χ1n) is 8.66. The molecule has 1 aliphatic heterocycles. The van der Waals surface area contributed by atoms with Crippen LogP contribution in [-0.2, 0) is 14.3 Å². The number of carbonyl (C=O) groups is 1. The van der Waals surface area contributed by atoms with Crippen molar-refractivity contribution in [1.29, 1.82) is 5.26 Å². The van der Waals surface area contributed by atoms with Crippen molar-refractivity contribution in [3.63, 3.8) is 0 Å². The molecular weight excluding hydrogens is 376 g/mol. The number of nitrogens with zero attached hydrogens (tertiary/aromatic N) is 2. The fraction of sp³-hybridized carbons (Fsp3) is 0.238. The van der Waals surface area contributed by atoms with E-state index in [1.54, 1.807) is 48.1 Å². The summed E-state index contributed by atoms with van der Waals surface area (Å²) < 4.78 is 22.9. The van der Waals surface area contributed by atoms with Gasteiger partial charge in [0, 0.05) is 12.4 Å². The Morgan fingerprint density at radius 3 is 2.24 bits per heavy atom. The van der Waals surface area contributed by atoms with Crippen LogP contribution in [0.5, 0.6) is 17.2 Å². The van der Waals surface area contributed by atoms with Crippen molar-refractivity contribution in [3.8, 4) is 23.3 Å². The lowest BCUT2D eigenvalue weighted by atomic mass is 9.82. The Kier molecular flexibility index (Phi) is 5.50. The largest absolute Gasteiger partial charge is 0.502 e. The van der Waals surface area contributed by atoms with Crippen LogP contribution in [0, 0.1) is 11.3 Å². The molecule has 0 saturated carbocycles. The molecule has 150 valence electrons. The third-order valence-corrected chi connectivity index (χ3v) is 4.64. The third kappa shape index (κ3) is 3.38. The van der Waals surface area contributed by atoms with Crippen LogP contribution in [-0.4, -0.2) is 37.0 Å². The van der Waals surface area contributed by atoms with Gasteiger partial charge in [-0.1, -0.05) is 0 Å². The first-order chi connectivity index (χ1) is 14.0. The molecule has 8 heteroatoms. The average molecular weight is 396 g/mol. The number of esters is 1. The summed E-state index contributed by atoms with van der Waals surface area (Å²) in [7, 11) is 4.06. The molecule has 1 N–H and O–H groups in total. The fourth-order valence-corrected chi connectivity index (χ4v) is 3.29. The van der Waals surface area contributed by atoms with Gasteiger partial charge in [-0.05, 0) is 36.8 Å². The lowest BCUT2D eigenvalue weighted by molar-refractivity contribution is -0.136. The van der Waals surface area contributed by atoms with E-state index in [-0.39, 0.29) is 34.3 Å². The van der Waals surface area contributed by atoms with E-state index in [4.69, 9.17) is 18.9 Å². The van der Waals surface area contributed by atoms with Gasteiger partial charge in [-0.25, -0.2) is 4.79 Å². The van der Waals surface area contributed by atoms with Crippen molar-refractivity contribution in [1.82, 2.24) is 4.57 Å². The smallest absolute Gasteiger partial charge is 0.338 e. The van der Waals surface area contributed by atoms with Gasteiger partial charge in [0.15, 0.2) is 11.5 Å². The maximum Gasteiger partial charge on any atom is 0.338 e. The number of nitriles is 1. The van der Waals surface area contributed by atoms with Crippen molar-refractivity contribution in [2.45, 2.75) is 12.8 Å². The maximum absolute atomic E-state index is 12.6. The number of rotatable bonds is 5. The highest BCUT2D eigenvalue weighted by molar-refractivity contribution is 5.93. The van der Waals surface area contributed by atoms with Crippen LogP contribution in [0.4, 0.5) is 0 Å². The molecule has 2 heterocycles. The molecular formula is C21H20N2O6. The number of carbonyl (C=O) groups excluding carboxylic acids is 1. The summed E-state index contributed by atoms with van der Waals surface area (Å²) >= 11 is 0. The van der Waals surface area contributed by atoms with Crippen LogP contribution in [0.1, 0.15) is 18.4 Å². The Morgan fingerprint density at radius 2 is 1.76 bits per heavy atom. The van der Waals surface area contributed by atoms with Gasteiger partial charge < -0.3 is 24.1 Å². The summed E-state index contributed by atoms with van der Waals surface area (Å²) in [4.78, 5) is 12.6. The minimum Gasteiger partial charge on any atom is -0.502 e. The number of hydrogen-bond acceptors (Lipinski definition) is 7. The molecule has 1 aromatic heterocycles. The van der Waals surface area contributed by atoms with Gasteiger partial charge in [0.25, 0.3) is 0 Å². The molecule has 3 rings (SSSR count). The molecule has 0 amide bonds. The van der Waals surface area contributed by atoms with Crippen LogP contribution in [0.15, 0.2) is 53.6 Å². The zero-order chi connectivity index (χ0) is 21.1. The number of phenolic OH excluding ortho intramolecular Hbond substituents is 1. The quantitative estimate of drug-likeness (QED) is 0.774. The molecule has 0 spiro atoms. The van der Waals surface area contributed by atoms with Crippen molar-refractivity contribution >= 4 is 11.9 Å². The van der Waals surface area contributed by atoms with E-state index in [1.165, 1.54) is 21.3 Å². The van der Waals surface area contributed by atoms with Gasteiger partial charge in [0.1, 0.15) is 17.4 Å². The van der Waals surface area contributed by atoms with Crippen molar-refractivity contribution in [3.05, 3.63) is 59.1 Å². The Labute approximate surface area is 167 Å². The Balaban J connectivity index is 2.32. The number of phenols is 1. The number of aromatic hydroxyl groups is 1. The number of ether oxygens (including phenoxy) is 4. The molecule has 1 atom stereocenters. The van der Waals surface area contributed by atoms with Gasteiger partial charge >= 0.3 is 5.97 Å². The third-order valence-electron chi connectivity index (χ3n) is 4.64. The summed E-state index contributed by atoms with van der Waals surface area (Å²) in [5.41, 5.74) is 0.873. The Bertz CT molecular complexity index is 1020. The Morgan fingerprint density at radius 1 is 1.17 bits per heavy atom. The number of methoxy groups -OCH3 is 3. The van der Waals surface area contributed by atoms with Gasteiger partial charge in [0.05, 0.1) is 32.8 Å². The second kappa shape index (κ2) is 8.02. The molecule has 0 aliphatic carbocycles. The lowest BCUT2D eigenvalue weighted by Gasteiger charge is -2.29. The highest BCUT2D eigenvalue weighted by Gasteiger charge is 2.38. The molecule has 0 radical (unpaired) electrons. The summed E-state index contributed by atoms with van der Waals surface area (Å²) in [6.07, 6.45) is 3.47. The van der Waals surface area contributed by atoms with Crippen LogP contribution in [0.3, 0.4) is 0 Å². The highest BCUT2D eigenvalue weighted by Crippen LogP contribution is 2.46. The molecule has 0 saturated heterocycles.